The fourth-order valence-electron chi connectivity index (χ4n) is 2.71. The summed E-state index contributed by atoms with van der Waals surface area (Å²) in [4.78, 5) is 11.4. The van der Waals surface area contributed by atoms with Crippen molar-refractivity contribution in [3.63, 3.8) is 0 Å². The zero-order chi connectivity index (χ0) is 20.7. The molecule has 1 atom stereocenters. The summed E-state index contributed by atoms with van der Waals surface area (Å²) < 4.78 is 11.6. The lowest BCUT2D eigenvalue weighted by atomic mass is 10.0. The topological polar surface area (TPSA) is 67.8 Å². The molecule has 1 unspecified atom stereocenters. The minimum absolute atomic E-state index is 0.0528. The number of hydrogen-bond donors (Lipinski definition) is 2. The highest BCUT2D eigenvalue weighted by molar-refractivity contribution is 6.31. The predicted molar refractivity (Wildman–Crippen MR) is 112 cm³/mol. The summed E-state index contributed by atoms with van der Waals surface area (Å²) in [6.07, 6.45) is 0. The van der Waals surface area contributed by atoms with Crippen LogP contribution < -0.4 is 14.8 Å². The molecule has 0 radical (unpaired) electrons. The van der Waals surface area contributed by atoms with E-state index >= 15 is 0 Å². The number of carbonyl (C=O) groups is 1. The van der Waals surface area contributed by atoms with Crippen LogP contribution in [0.4, 0.5) is 0 Å². The smallest absolute Gasteiger partial charge is 0.320 e. The van der Waals surface area contributed by atoms with Gasteiger partial charge in [0, 0.05) is 22.7 Å². The van der Waals surface area contributed by atoms with Gasteiger partial charge in [-0.2, -0.15) is 0 Å². The molecule has 5 nitrogen and oxygen atoms in total. The number of aliphatic carboxylic acids is 1. The number of halogens is 2. The minimum Gasteiger partial charge on any atom is -0.490 e. The van der Waals surface area contributed by atoms with E-state index in [-0.39, 0.29) is 5.92 Å². The number of rotatable bonds is 10. The number of benzene rings is 2. The first-order valence-corrected chi connectivity index (χ1v) is 9.86. The lowest BCUT2D eigenvalue weighted by Crippen LogP contribution is -2.40. The summed E-state index contributed by atoms with van der Waals surface area (Å²) in [6.45, 7) is 6.68. The lowest BCUT2D eigenvalue weighted by Gasteiger charge is -2.19. The molecule has 28 heavy (non-hydrogen) atoms. The van der Waals surface area contributed by atoms with Gasteiger partial charge in [0.2, 0.25) is 0 Å². The van der Waals surface area contributed by atoms with Crippen molar-refractivity contribution >= 4 is 29.2 Å². The van der Waals surface area contributed by atoms with Crippen LogP contribution in [0, 0.1) is 5.92 Å². The molecule has 0 fully saturated rings. The van der Waals surface area contributed by atoms with Gasteiger partial charge in [-0.05, 0) is 42.2 Å². The third kappa shape index (κ3) is 6.30. The Bertz CT molecular complexity index is 811. The van der Waals surface area contributed by atoms with Crippen LogP contribution in [0.3, 0.4) is 0 Å². The van der Waals surface area contributed by atoms with E-state index in [0.717, 1.165) is 11.1 Å². The molecule has 0 saturated heterocycles. The zero-order valence-electron chi connectivity index (χ0n) is 16.2. The van der Waals surface area contributed by atoms with Gasteiger partial charge in [-0.15, -0.1) is 0 Å². The Morgan fingerprint density at radius 1 is 1.14 bits per heavy atom. The highest BCUT2D eigenvalue weighted by Crippen LogP contribution is 2.34. The number of hydrogen-bond acceptors (Lipinski definition) is 4. The molecule has 2 aromatic rings. The van der Waals surface area contributed by atoms with Crippen molar-refractivity contribution < 1.29 is 19.4 Å². The molecule has 2 rings (SSSR count). The maximum atomic E-state index is 11.4. The van der Waals surface area contributed by atoms with E-state index in [2.05, 4.69) is 5.32 Å². The van der Waals surface area contributed by atoms with E-state index < -0.39 is 12.0 Å². The summed E-state index contributed by atoms with van der Waals surface area (Å²) in [5.41, 5.74) is 1.67. The quantitative estimate of drug-likeness (QED) is 0.549. The van der Waals surface area contributed by atoms with E-state index in [9.17, 15) is 9.90 Å². The maximum absolute atomic E-state index is 11.4. The maximum Gasteiger partial charge on any atom is 0.320 e. The monoisotopic (exact) mass is 425 g/mol. The zero-order valence-corrected chi connectivity index (χ0v) is 17.7. The molecule has 0 saturated carbocycles. The fraction of sp³-hybridized carbons (Fsp3) is 0.381. The first kappa shape index (κ1) is 22.3. The largest absolute Gasteiger partial charge is 0.490 e. The highest BCUT2D eigenvalue weighted by Gasteiger charge is 2.21. The number of ether oxygens (including phenoxy) is 2. The summed E-state index contributed by atoms with van der Waals surface area (Å²) in [7, 11) is 0. The molecule has 0 aliphatic heterocycles. The van der Waals surface area contributed by atoms with Crippen molar-refractivity contribution in [2.24, 2.45) is 5.92 Å². The number of nitrogens with one attached hydrogen (secondary N) is 1. The van der Waals surface area contributed by atoms with Crippen LogP contribution in [0.5, 0.6) is 11.5 Å². The molecule has 0 aliphatic rings. The van der Waals surface area contributed by atoms with Crippen LogP contribution in [0.15, 0.2) is 36.4 Å². The Labute approximate surface area is 175 Å². The summed E-state index contributed by atoms with van der Waals surface area (Å²) in [6, 6.07) is 10.2. The summed E-state index contributed by atoms with van der Waals surface area (Å²) in [5.74, 6) is 0.136. The second-order valence-electron chi connectivity index (χ2n) is 6.68. The van der Waals surface area contributed by atoms with E-state index in [4.69, 9.17) is 32.7 Å². The third-order valence-corrected chi connectivity index (χ3v) is 4.73. The van der Waals surface area contributed by atoms with Crippen molar-refractivity contribution in [3.8, 4) is 11.5 Å². The molecule has 0 aromatic heterocycles. The second-order valence-corrected chi connectivity index (χ2v) is 7.53. The van der Waals surface area contributed by atoms with E-state index in [1.54, 1.807) is 18.2 Å². The molecule has 0 bridgehead atoms. The van der Waals surface area contributed by atoms with E-state index in [1.807, 2.05) is 39.0 Å². The van der Waals surface area contributed by atoms with Gasteiger partial charge in [-0.1, -0.05) is 49.2 Å². The second kappa shape index (κ2) is 10.6. The highest BCUT2D eigenvalue weighted by atomic mass is 35.5. The van der Waals surface area contributed by atoms with Crippen LogP contribution >= 0.6 is 23.2 Å². The number of carboxylic acid groups (broad SMARTS) is 1. The van der Waals surface area contributed by atoms with E-state index in [0.29, 0.717) is 41.3 Å². The molecule has 152 valence electrons. The van der Waals surface area contributed by atoms with Crippen molar-refractivity contribution in [2.45, 2.75) is 40.0 Å². The van der Waals surface area contributed by atoms with Crippen LogP contribution in [0.25, 0.3) is 0 Å². The first-order valence-electron chi connectivity index (χ1n) is 9.10. The Morgan fingerprint density at radius 2 is 1.86 bits per heavy atom. The third-order valence-electron chi connectivity index (χ3n) is 4.14. The Kier molecular flexibility index (Phi) is 8.42. The summed E-state index contributed by atoms with van der Waals surface area (Å²) in [5, 5.41) is 13.5. The summed E-state index contributed by atoms with van der Waals surface area (Å²) >= 11 is 12.4. The van der Waals surface area contributed by atoms with Crippen molar-refractivity contribution in [1.29, 1.82) is 0 Å². The Hall–Kier alpha value is -1.95. The fourth-order valence-corrected chi connectivity index (χ4v) is 3.14. The van der Waals surface area contributed by atoms with Crippen LogP contribution in [-0.4, -0.2) is 23.7 Å². The van der Waals surface area contributed by atoms with Gasteiger partial charge in [0.25, 0.3) is 0 Å². The van der Waals surface area contributed by atoms with Gasteiger partial charge in [-0.3, -0.25) is 4.79 Å². The number of carboxylic acids is 1. The molecule has 2 aromatic carbocycles. The van der Waals surface area contributed by atoms with Gasteiger partial charge in [0.1, 0.15) is 12.6 Å². The van der Waals surface area contributed by atoms with Gasteiger partial charge in [-0.25, -0.2) is 0 Å². The molecular weight excluding hydrogens is 401 g/mol. The minimum atomic E-state index is -0.891. The van der Waals surface area contributed by atoms with Gasteiger partial charge >= 0.3 is 5.97 Å². The average Bonchev–Trinajstić information content (AvgIpc) is 2.62. The molecule has 0 heterocycles. The standard InChI is InChI=1S/C21H25Cl2NO4/c1-4-27-18-9-15(11-24-20(13(2)3)21(25)26)17(23)10-19(18)28-12-14-6-5-7-16(22)8-14/h5-10,13,20,24H,4,11-12H2,1-3H3,(H,25,26). The molecular formula is C21H25Cl2NO4. The first-order chi connectivity index (χ1) is 13.3. The van der Waals surface area contributed by atoms with Crippen LogP contribution in [0.1, 0.15) is 31.9 Å². The molecule has 0 aliphatic carbocycles. The molecule has 7 heteroatoms. The van der Waals surface area contributed by atoms with E-state index in [1.165, 1.54) is 0 Å². The van der Waals surface area contributed by atoms with Crippen molar-refractivity contribution in [2.75, 3.05) is 6.61 Å². The average molecular weight is 426 g/mol. The lowest BCUT2D eigenvalue weighted by molar-refractivity contribution is -0.140. The normalized spacial score (nSPS) is 12.1. The Balaban J connectivity index is 2.16. The predicted octanol–water partition coefficient (Wildman–Crippen LogP) is 5.17. The molecule has 0 spiro atoms. The van der Waals surface area contributed by atoms with Gasteiger partial charge < -0.3 is 19.9 Å². The van der Waals surface area contributed by atoms with Crippen molar-refractivity contribution in [1.82, 2.24) is 5.32 Å². The molecule has 0 amide bonds. The SMILES string of the molecule is CCOc1cc(CNC(C(=O)O)C(C)C)c(Cl)cc1OCc1cccc(Cl)c1. The van der Waals surface area contributed by atoms with Crippen LogP contribution in [-0.2, 0) is 17.9 Å². The van der Waals surface area contributed by atoms with Gasteiger partial charge in [0.15, 0.2) is 11.5 Å². The van der Waals surface area contributed by atoms with Gasteiger partial charge in [0.05, 0.1) is 6.61 Å². The van der Waals surface area contributed by atoms with Crippen molar-refractivity contribution in [3.05, 3.63) is 57.6 Å². The Morgan fingerprint density at radius 3 is 2.46 bits per heavy atom. The molecule has 2 N–H and O–H groups in total. The van der Waals surface area contributed by atoms with Crippen LogP contribution in [0.2, 0.25) is 10.0 Å².